The lowest BCUT2D eigenvalue weighted by Crippen LogP contribution is -2.08. The lowest BCUT2D eigenvalue weighted by atomic mass is 10.1. The number of carbonyl (C=O) groups excluding carboxylic acids is 1. The van der Waals surface area contributed by atoms with E-state index < -0.39 is 17.7 Å². The van der Waals surface area contributed by atoms with E-state index in [9.17, 15) is 18.0 Å². The van der Waals surface area contributed by atoms with Crippen LogP contribution in [0.25, 0.3) is 0 Å². The van der Waals surface area contributed by atoms with Gasteiger partial charge in [0.1, 0.15) is 6.07 Å². The largest absolute Gasteiger partial charge is 0.466 e. The molecule has 1 aromatic rings. The first-order valence-electron chi connectivity index (χ1n) is 5.90. The molecule has 1 N–H and O–H groups in total. The molecule has 112 valence electrons. The number of ether oxygens (including phenoxy) is 1. The highest BCUT2D eigenvalue weighted by molar-refractivity contribution is 5.87. The molecule has 1 rings (SSSR count). The average Bonchev–Trinajstić information content (AvgIpc) is 2.45. The lowest BCUT2D eigenvalue weighted by Gasteiger charge is -2.10. The zero-order valence-electron chi connectivity index (χ0n) is 11.4. The number of halogens is 3. The van der Waals surface area contributed by atoms with E-state index in [1.54, 1.807) is 13.0 Å². The van der Waals surface area contributed by atoms with Crippen LogP contribution < -0.4 is 5.32 Å². The Morgan fingerprint density at radius 1 is 1.48 bits per heavy atom. The van der Waals surface area contributed by atoms with Gasteiger partial charge in [0.25, 0.3) is 0 Å². The number of nitrogens with one attached hydrogen (secondary N) is 1. The van der Waals surface area contributed by atoms with Crippen molar-refractivity contribution in [3.05, 3.63) is 41.0 Å². The number of anilines is 1. The summed E-state index contributed by atoms with van der Waals surface area (Å²) in [5.74, 6) is -0.496. The first-order chi connectivity index (χ1) is 9.79. The molecule has 0 bridgehead atoms. The van der Waals surface area contributed by atoms with Crippen LogP contribution in [0.2, 0.25) is 0 Å². The Morgan fingerprint density at radius 2 is 2.14 bits per heavy atom. The van der Waals surface area contributed by atoms with Crippen LogP contribution in [-0.2, 0) is 15.7 Å². The van der Waals surface area contributed by atoms with Crippen molar-refractivity contribution in [2.75, 3.05) is 19.0 Å². The zero-order chi connectivity index (χ0) is 16.0. The number of carbonyl (C=O) groups is 1. The van der Waals surface area contributed by atoms with E-state index in [1.165, 1.54) is 19.3 Å². The highest BCUT2D eigenvalue weighted by atomic mass is 19.4. The van der Waals surface area contributed by atoms with Gasteiger partial charge in [0, 0.05) is 12.1 Å². The Bertz CT molecular complexity index is 601. The van der Waals surface area contributed by atoms with Gasteiger partial charge in [0.2, 0.25) is 0 Å². The van der Waals surface area contributed by atoms with Crippen LogP contribution in [0.3, 0.4) is 0 Å². The molecule has 0 unspecified atom stereocenters. The molecule has 0 radical (unpaired) electrons. The fourth-order valence-electron chi connectivity index (χ4n) is 1.53. The molecule has 0 aromatic heterocycles. The molecule has 0 amide bonds. The Morgan fingerprint density at radius 3 is 2.67 bits per heavy atom. The number of nitrogens with zero attached hydrogens (tertiary/aromatic N) is 1. The molecule has 1 aromatic carbocycles. The zero-order valence-corrected chi connectivity index (χ0v) is 11.4. The summed E-state index contributed by atoms with van der Waals surface area (Å²) < 4.78 is 42.1. The van der Waals surface area contributed by atoms with Gasteiger partial charge in [-0.15, -0.1) is 0 Å². The monoisotopic (exact) mass is 298 g/mol. The number of hydrogen-bond donors (Lipinski definition) is 1. The standard InChI is InChI=1S/C14H13F3N2O2/c1-9(13(20)21-2)5-6-19-12-4-3-11(14(15,16)17)7-10(12)8-18/h3-5,7,19H,6H2,1-2H3/b9-5+. The van der Waals surface area contributed by atoms with Gasteiger partial charge in [0.05, 0.1) is 23.9 Å². The molecule has 0 aliphatic heterocycles. The van der Waals surface area contributed by atoms with Gasteiger partial charge in [-0.2, -0.15) is 18.4 Å². The summed E-state index contributed by atoms with van der Waals surface area (Å²) in [6.07, 6.45) is -2.98. The summed E-state index contributed by atoms with van der Waals surface area (Å²) in [6, 6.07) is 4.55. The summed E-state index contributed by atoms with van der Waals surface area (Å²) >= 11 is 0. The van der Waals surface area contributed by atoms with E-state index in [2.05, 4.69) is 10.1 Å². The Balaban J connectivity index is 2.86. The first kappa shape index (κ1) is 16.6. The topological polar surface area (TPSA) is 62.1 Å². The van der Waals surface area contributed by atoms with Crippen LogP contribution in [0, 0.1) is 11.3 Å². The molecule has 7 heteroatoms. The molecule has 0 aliphatic carbocycles. The fraction of sp³-hybridized carbons (Fsp3) is 0.286. The highest BCUT2D eigenvalue weighted by Gasteiger charge is 2.30. The van der Waals surface area contributed by atoms with Gasteiger partial charge in [0.15, 0.2) is 0 Å². The number of methoxy groups -OCH3 is 1. The number of alkyl halides is 3. The molecular formula is C14H13F3N2O2. The van der Waals surface area contributed by atoms with Gasteiger partial charge >= 0.3 is 12.1 Å². The smallest absolute Gasteiger partial charge is 0.416 e. The molecule has 0 spiro atoms. The van der Waals surface area contributed by atoms with Gasteiger partial charge in [-0.3, -0.25) is 0 Å². The summed E-state index contributed by atoms with van der Waals surface area (Å²) in [4.78, 5) is 11.1. The molecule has 0 saturated carbocycles. The van der Waals surface area contributed by atoms with Crippen molar-refractivity contribution >= 4 is 11.7 Å². The Labute approximate surface area is 119 Å². The van der Waals surface area contributed by atoms with Gasteiger partial charge in [-0.1, -0.05) is 6.08 Å². The summed E-state index contributed by atoms with van der Waals surface area (Å²) in [6.45, 7) is 1.73. The van der Waals surface area contributed by atoms with E-state index in [1.807, 2.05) is 0 Å². The van der Waals surface area contributed by atoms with Crippen molar-refractivity contribution in [3.63, 3.8) is 0 Å². The van der Waals surface area contributed by atoms with Crippen molar-refractivity contribution in [3.8, 4) is 6.07 Å². The lowest BCUT2D eigenvalue weighted by molar-refractivity contribution is -0.138. The second-order valence-electron chi connectivity index (χ2n) is 4.13. The van der Waals surface area contributed by atoms with Crippen LogP contribution in [0.4, 0.5) is 18.9 Å². The number of rotatable bonds is 4. The third kappa shape index (κ3) is 4.53. The van der Waals surface area contributed by atoms with Crippen LogP contribution in [0.15, 0.2) is 29.8 Å². The maximum absolute atomic E-state index is 12.5. The molecule has 0 atom stereocenters. The number of hydrogen-bond acceptors (Lipinski definition) is 4. The average molecular weight is 298 g/mol. The van der Waals surface area contributed by atoms with Crippen LogP contribution in [0.5, 0.6) is 0 Å². The number of nitriles is 1. The second kappa shape index (κ2) is 6.79. The van der Waals surface area contributed by atoms with E-state index >= 15 is 0 Å². The van der Waals surface area contributed by atoms with Gasteiger partial charge in [-0.05, 0) is 25.1 Å². The molecule has 21 heavy (non-hydrogen) atoms. The minimum Gasteiger partial charge on any atom is -0.466 e. The van der Waals surface area contributed by atoms with Crippen LogP contribution in [0.1, 0.15) is 18.1 Å². The predicted octanol–water partition coefficient (Wildman–Crippen LogP) is 3.11. The van der Waals surface area contributed by atoms with Gasteiger partial charge in [-0.25, -0.2) is 4.79 Å². The molecule has 0 saturated heterocycles. The predicted molar refractivity (Wildman–Crippen MR) is 70.4 cm³/mol. The molecule has 4 nitrogen and oxygen atoms in total. The fourth-order valence-corrected chi connectivity index (χ4v) is 1.53. The summed E-state index contributed by atoms with van der Waals surface area (Å²) in [5, 5.41) is 11.7. The molecule has 0 heterocycles. The molecular weight excluding hydrogens is 285 g/mol. The molecule has 0 aliphatic rings. The van der Waals surface area contributed by atoms with Crippen molar-refractivity contribution < 1.29 is 22.7 Å². The summed E-state index contributed by atoms with van der Waals surface area (Å²) in [5.41, 5.74) is -0.380. The van der Waals surface area contributed by atoms with E-state index in [-0.39, 0.29) is 17.8 Å². The quantitative estimate of drug-likeness (QED) is 0.685. The highest BCUT2D eigenvalue weighted by Crippen LogP contribution is 2.31. The third-order valence-electron chi connectivity index (χ3n) is 2.68. The number of benzene rings is 1. The van der Waals surface area contributed by atoms with E-state index in [4.69, 9.17) is 5.26 Å². The van der Waals surface area contributed by atoms with Crippen molar-refractivity contribution in [1.82, 2.24) is 0 Å². The van der Waals surface area contributed by atoms with Gasteiger partial charge < -0.3 is 10.1 Å². The first-order valence-corrected chi connectivity index (χ1v) is 5.90. The third-order valence-corrected chi connectivity index (χ3v) is 2.68. The molecule has 0 fully saturated rings. The Hall–Kier alpha value is -2.49. The maximum Gasteiger partial charge on any atom is 0.416 e. The van der Waals surface area contributed by atoms with Crippen LogP contribution in [-0.4, -0.2) is 19.6 Å². The minimum absolute atomic E-state index is 0.117. The van der Waals surface area contributed by atoms with E-state index in [0.717, 1.165) is 12.1 Å². The summed E-state index contributed by atoms with van der Waals surface area (Å²) in [7, 11) is 1.25. The number of esters is 1. The maximum atomic E-state index is 12.5. The van der Waals surface area contributed by atoms with E-state index in [0.29, 0.717) is 5.57 Å². The van der Waals surface area contributed by atoms with Crippen molar-refractivity contribution in [2.24, 2.45) is 0 Å². The SMILES string of the molecule is COC(=O)/C(C)=C/CNc1ccc(C(F)(F)F)cc1C#N. The van der Waals surface area contributed by atoms with Crippen molar-refractivity contribution in [2.45, 2.75) is 13.1 Å². The normalized spacial score (nSPS) is 11.7. The van der Waals surface area contributed by atoms with Crippen LogP contribution >= 0.6 is 0 Å². The van der Waals surface area contributed by atoms with Crippen molar-refractivity contribution in [1.29, 1.82) is 5.26 Å². The Kier molecular flexibility index (Phi) is 5.36. The second-order valence-corrected chi connectivity index (χ2v) is 4.13. The minimum atomic E-state index is -4.49.